The molecule has 0 unspecified atom stereocenters. The number of thiazole rings is 1. The minimum Gasteiger partial charge on any atom is -0.385 e. The van der Waals surface area contributed by atoms with Crippen molar-refractivity contribution in [3.05, 3.63) is 29.3 Å². The number of amides is 1. The van der Waals surface area contributed by atoms with Crippen molar-refractivity contribution >= 4 is 27.5 Å². The van der Waals surface area contributed by atoms with Crippen molar-refractivity contribution in [2.75, 3.05) is 13.7 Å². The molecule has 1 saturated carbocycles. The predicted molar refractivity (Wildman–Crippen MR) is 91.8 cm³/mol. The van der Waals surface area contributed by atoms with Gasteiger partial charge < -0.3 is 20.3 Å². The number of hydrogen-bond donors (Lipinski definition) is 3. The van der Waals surface area contributed by atoms with Crippen LogP contribution in [-0.4, -0.2) is 46.5 Å². The van der Waals surface area contributed by atoms with Gasteiger partial charge in [-0.15, -0.1) is 11.3 Å². The molecule has 0 bridgehead atoms. The van der Waals surface area contributed by atoms with E-state index in [1.807, 2.05) is 24.3 Å². The maximum atomic E-state index is 12.4. The molecule has 130 valence electrons. The van der Waals surface area contributed by atoms with E-state index in [1.54, 1.807) is 7.11 Å². The summed E-state index contributed by atoms with van der Waals surface area (Å²) in [7, 11) is 1.62. The lowest BCUT2D eigenvalue weighted by atomic mass is 9.74. The normalized spacial score (nSPS) is 18.8. The fraction of sp³-hybridized carbons (Fsp3) is 0.529. The maximum Gasteiger partial charge on any atom is 0.252 e. The van der Waals surface area contributed by atoms with Crippen molar-refractivity contribution in [1.82, 2.24) is 10.3 Å². The molecule has 3 N–H and O–H groups in total. The Hall–Kier alpha value is -1.54. The van der Waals surface area contributed by atoms with Gasteiger partial charge in [-0.05, 0) is 37.8 Å². The first-order chi connectivity index (χ1) is 11.5. The highest BCUT2D eigenvalue weighted by Gasteiger charge is 2.40. The van der Waals surface area contributed by atoms with Crippen molar-refractivity contribution < 1.29 is 19.7 Å². The van der Waals surface area contributed by atoms with Crippen molar-refractivity contribution in [1.29, 1.82) is 0 Å². The van der Waals surface area contributed by atoms with E-state index in [-0.39, 0.29) is 5.54 Å². The maximum absolute atomic E-state index is 12.4. The van der Waals surface area contributed by atoms with Gasteiger partial charge in [-0.1, -0.05) is 12.1 Å². The largest absolute Gasteiger partial charge is 0.385 e. The van der Waals surface area contributed by atoms with Gasteiger partial charge in [0.1, 0.15) is 11.1 Å². The van der Waals surface area contributed by atoms with E-state index in [9.17, 15) is 15.0 Å². The van der Waals surface area contributed by atoms with Crippen molar-refractivity contribution in [2.45, 2.75) is 43.4 Å². The molecular formula is C17H22N2O4S. The molecule has 1 fully saturated rings. The molecule has 1 amide bonds. The van der Waals surface area contributed by atoms with Crippen LogP contribution in [0.15, 0.2) is 24.3 Å². The van der Waals surface area contributed by atoms with E-state index >= 15 is 0 Å². The van der Waals surface area contributed by atoms with Crippen LogP contribution < -0.4 is 5.32 Å². The highest BCUT2D eigenvalue weighted by Crippen LogP contribution is 2.35. The third-order valence-corrected chi connectivity index (χ3v) is 5.72. The lowest BCUT2D eigenvalue weighted by Gasteiger charge is -2.43. The Kier molecular flexibility index (Phi) is 5.15. The molecule has 7 heteroatoms. The molecule has 1 heterocycles. The summed E-state index contributed by atoms with van der Waals surface area (Å²) >= 11 is 1.28. The molecule has 0 spiro atoms. The van der Waals surface area contributed by atoms with E-state index in [0.29, 0.717) is 18.0 Å². The number of nitrogens with zero attached hydrogens (tertiary/aromatic N) is 1. The number of fused-ring (bicyclic) bond motifs is 1. The number of nitrogens with one attached hydrogen (secondary N) is 1. The number of aromatic nitrogens is 1. The van der Waals surface area contributed by atoms with Crippen molar-refractivity contribution in [2.24, 2.45) is 0 Å². The predicted octanol–water partition coefficient (Wildman–Crippen LogP) is 1.77. The van der Waals surface area contributed by atoms with Gasteiger partial charge in [-0.3, -0.25) is 4.79 Å². The molecular weight excluding hydrogens is 328 g/mol. The molecule has 0 saturated heterocycles. The zero-order valence-corrected chi connectivity index (χ0v) is 14.4. The molecule has 1 aromatic heterocycles. The summed E-state index contributed by atoms with van der Waals surface area (Å²) in [5, 5.41) is 23.8. The summed E-state index contributed by atoms with van der Waals surface area (Å²) in [5.74, 6) is -0.558. The topological polar surface area (TPSA) is 91.7 Å². The molecule has 0 radical (unpaired) electrons. The number of benzene rings is 1. The van der Waals surface area contributed by atoms with E-state index in [4.69, 9.17) is 4.74 Å². The third kappa shape index (κ3) is 3.44. The Morgan fingerprint density at radius 1 is 1.42 bits per heavy atom. The summed E-state index contributed by atoms with van der Waals surface area (Å²) in [6.07, 6.45) is 0.616. The summed E-state index contributed by atoms with van der Waals surface area (Å²) in [6, 6.07) is 7.47. The van der Waals surface area contributed by atoms with Crippen LogP contribution in [0.2, 0.25) is 0 Å². The molecule has 1 aliphatic carbocycles. The van der Waals surface area contributed by atoms with Crippen LogP contribution in [-0.2, 0) is 9.53 Å². The lowest BCUT2D eigenvalue weighted by Crippen LogP contribution is -2.57. The van der Waals surface area contributed by atoms with Crippen LogP contribution in [0.5, 0.6) is 0 Å². The smallest absolute Gasteiger partial charge is 0.252 e. The van der Waals surface area contributed by atoms with Crippen molar-refractivity contribution in [3.63, 3.8) is 0 Å². The van der Waals surface area contributed by atoms with Crippen LogP contribution in [0, 0.1) is 0 Å². The Morgan fingerprint density at radius 3 is 2.79 bits per heavy atom. The molecule has 24 heavy (non-hydrogen) atoms. The zero-order chi connectivity index (χ0) is 17.2. The van der Waals surface area contributed by atoms with Gasteiger partial charge in [0.2, 0.25) is 0 Å². The zero-order valence-electron chi connectivity index (χ0n) is 13.6. The Labute approximate surface area is 144 Å². The fourth-order valence-corrected chi connectivity index (χ4v) is 3.95. The van der Waals surface area contributed by atoms with Crippen LogP contribution in [0.4, 0.5) is 0 Å². The monoisotopic (exact) mass is 350 g/mol. The van der Waals surface area contributed by atoms with Gasteiger partial charge in [-0.25, -0.2) is 4.98 Å². The minimum absolute atomic E-state index is 0.318. The minimum atomic E-state index is -1.54. The van der Waals surface area contributed by atoms with Gasteiger partial charge in [0.05, 0.1) is 10.2 Å². The number of ether oxygens (including phenoxy) is 1. The van der Waals surface area contributed by atoms with Gasteiger partial charge in [0.15, 0.2) is 6.10 Å². The van der Waals surface area contributed by atoms with Gasteiger partial charge >= 0.3 is 0 Å². The third-order valence-electron chi connectivity index (χ3n) is 4.61. The average Bonchev–Trinajstić information content (AvgIpc) is 2.99. The van der Waals surface area contributed by atoms with Crippen molar-refractivity contribution in [3.8, 4) is 0 Å². The van der Waals surface area contributed by atoms with Crippen LogP contribution in [0.1, 0.15) is 36.8 Å². The Bertz CT molecular complexity index is 680. The second-order valence-electron chi connectivity index (χ2n) is 6.28. The number of carbonyl (C=O) groups is 1. The number of aliphatic hydroxyl groups excluding tert-OH is 2. The number of para-hydroxylation sites is 1. The van der Waals surface area contributed by atoms with Crippen LogP contribution in [0.25, 0.3) is 10.2 Å². The average molecular weight is 350 g/mol. The first kappa shape index (κ1) is 17.3. The summed E-state index contributed by atoms with van der Waals surface area (Å²) in [6.45, 7) is 0.552. The molecule has 2 aromatic rings. The van der Waals surface area contributed by atoms with Gasteiger partial charge in [0.25, 0.3) is 5.91 Å². The fourth-order valence-electron chi connectivity index (χ4n) is 2.97. The molecule has 1 aliphatic rings. The van der Waals surface area contributed by atoms with E-state index in [0.717, 1.165) is 29.5 Å². The number of carbonyl (C=O) groups excluding carboxylic acids is 1. The second kappa shape index (κ2) is 7.14. The van der Waals surface area contributed by atoms with Gasteiger partial charge in [-0.2, -0.15) is 0 Å². The van der Waals surface area contributed by atoms with Gasteiger partial charge in [0, 0.05) is 19.3 Å². The lowest BCUT2D eigenvalue weighted by molar-refractivity contribution is -0.139. The molecule has 2 atom stereocenters. The Morgan fingerprint density at radius 2 is 2.17 bits per heavy atom. The molecule has 0 aliphatic heterocycles. The van der Waals surface area contributed by atoms with E-state index in [2.05, 4.69) is 10.3 Å². The van der Waals surface area contributed by atoms with Crippen LogP contribution >= 0.6 is 11.3 Å². The summed E-state index contributed by atoms with van der Waals surface area (Å²) in [4.78, 5) is 16.7. The summed E-state index contributed by atoms with van der Waals surface area (Å²) in [5.41, 5.74) is 0.432. The molecule has 1 aromatic carbocycles. The standard InChI is InChI=1S/C17H22N2O4S/c1-23-10-9-17(7-4-8-17)19-15(22)13(20)14(21)16-18-11-5-2-3-6-12(11)24-16/h2-3,5-6,13-14,20-21H,4,7-10H2,1H3,(H,19,22)/t13-,14+/m0/s1. The quantitative estimate of drug-likeness (QED) is 0.708. The van der Waals surface area contributed by atoms with Crippen LogP contribution in [0.3, 0.4) is 0 Å². The number of aliphatic hydroxyl groups is 2. The number of hydrogen-bond acceptors (Lipinski definition) is 6. The highest BCUT2D eigenvalue weighted by atomic mass is 32.1. The first-order valence-electron chi connectivity index (χ1n) is 8.07. The molecule has 6 nitrogen and oxygen atoms in total. The SMILES string of the molecule is COCCC1(NC(=O)[C@@H](O)[C@@H](O)c2nc3ccccc3s2)CCC1. The highest BCUT2D eigenvalue weighted by molar-refractivity contribution is 7.18. The van der Waals surface area contributed by atoms with E-state index in [1.165, 1.54) is 11.3 Å². The number of rotatable bonds is 7. The second-order valence-corrected chi connectivity index (χ2v) is 7.34. The van der Waals surface area contributed by atoms with E-state index < -0.39 is 18.1 Å². The first-order valence-corrected chi connectivity index (χ1v) is 8.89. The number of methoxy groups -OCH3 is 1. The molecule has 3 rings (SSSR count). The summed E-state index contributed by atoms with van der Waals surface area (Å²) < 4.78 is 6.01. The Balaban J connectivity index is 1.68.